The van der Waals surface area contributed by atoms with E-state index in [1.807, 2.05) is 30.3 Å². The van der Waals surface area contributed by atoms with E-state index in [4.69, 9.17) is 0 Å². The van der Waals surface area contributed by atoms with Gasteiger partial charge in [0.05, 0.1) is 14.7 Å². The molecule has 2 aromatic carbocycles. The predicted octanol–water partition coefficient (Wildman–Crippen LogP) is 2.80. The highest BCUT2D eigenvalue weighted by Gasteiger charge is 2.20. The molecule has 0 aliphatic heterocycles. The van der Waals surface area contributed by atoms with Gasteiger partial charge in [0.25, 0.3) is 5.69 Å². The zero-order valence-corrected chi connectivity index (χ0v) is 13.4. The van der Waals surface area contributed by atoms with Crippen LogP contribution >= 0.6 is 11.8 Å². The molecule has 0 aliphatic carbocycles. The molecule has 0 unspecified atom stereocenters. The van der Waals surface area contributed by atoms with Crippen LogP contribution in [0.4, 0.5) is 5.69 Å². The Labute approximate surface area is 132 Å². The van der Waals surface area contributed by atoms with Crippen LogP contribution in [0.3, 0.4) is 0 Å². The Balaban J connectivity index is 2.30. The van der Waals surface area contributed by atoms with Crippen LogP contribution in [-0.2, 0) is 15.8 Å². The van der Waals surface area contributed by atoms with Crippen molar-refractivity contribution in [1.82, 2.24) is 4.72 Å². The van der Waals surface area contributed by atoms with Crippen molar-refractivity contribution in [2.75, 3.05) is 7.05 Å². The Morgan fingerprint density at radius 3 is 2.45 bits per heavy atom. The molecule has 2 rings (SSSR count). The molecule has 0 aliphatic rings. The quantitative estimate of drug-likeness (QED) is 0.497. The Morgan fingerprint density at radius 2 is 1.86 bits per heavy atom. The summed E-state index contributed by atoms with van der Waals surface area (Å²) < 4.78 is 25.6. The highest BCUT2D eigenvalue weighted by molar-refractivity contribution is 7.98. The number of sulfonamides is 1. The van der Waals surface area contributed by atoms with Gasteiger partial charge in [0.1, 0.15) is 0 Å². The van der Waals surface area contributed by atoms with Gasteiger partial charge >= 0.3 is 0 Å². The fraction of sp³-hybridized carbons (Fsp3) is 0.143. The third-order valence-electron chi connectivity index (χ3n) is 2.94. The van der Waals surface area contributed by atoms with Gasteiger partial charge in [-0.25, -0.2) is 13.1 Å². The lowest BCUT2D eigenvalue weighted by atomic mass is 10.2. The lowest BCUT2D eigenvalue weighted by Crippen LogP contribution is -2.18. The first-order valence-corrected chi connectivity index (χ1v) is 8.79. The topological polar surface area (TPSA) is 89.3 Å². The molecule has 0 radical (unpaired) electrons. The fourth-order valence-electron chi connectivity index (χ4n) is 1.78. The molecule has 0 amide bonds. The van der Waals surface area contributed by atoms with Crippen molar-refractivity contribution in [1.29, 1.82) is 0 Å². The van der Waals surface area contributed by atoms with Gasteiger partial charge in [0, 0.05) is 11.8 Å². The summed E-state index contributed by atoms with van der Waals surface area (Å²) in [5.74, 6) is 0.569. The van der Waals surface area contributed by atoms with Gasteiger partial charge in [-0.05, 0) is 24.7 Å². The standard InChI is InChI=1S/C14H14N2O4S2/c1-15-22(19,20)12-7-8-14(13(9-12)16(17)18)21-10-11-5-3-2-4-6-11/h2-9,15H,10H2,1H3. The van der Waals surface area contributed by atoms with Crippen molar-refractivity contribution in [2.45, 2.75) is 15.5 Å². The minimum Gasteiger partial charge on any atom is -0.258 e. The summed E-state index contributed by atoms with van der Waals surface area (Å²) >= 11 is 1.30. The number of rotatable bonds is 6. The number of thioether (sulfide) groups is 1. The van der Waals surface area contributed by atoms with Crippen LogP contribution in [0, 0.1) is 10.1 Å². The second kappa shape index (κ2) is 6.91. The fourth-order valence-corrected chi connectivity index (χ4v) is 3.49. The monoisotopic (exact) mass is 338 g/mol. The maximum atomic E-state index is 11.7. The summed E-state index contributed by atoms with van der Waals surface area (Å²) in [5.41, 5.74) is 0.825. The second-order valence-corrected chi connectivity index (χ2v) is 7.27. The summed E-state index contributed by atoms with van der Waals surface area (Å²) in [4.78, 5) is 10.9. The molecule has 6 nitrogen and oxygen atoms in total. The minimum absolute atomic E-state index is 0.120. The zero-order valence-electron chi connectivity index (χ0n) is 11.7. The van der Waals surface area contributed by atoms with Crippen LogP contribution in [-0.4, -0.2) is 20.4 Å². The van der Waals surface area contributed by atoms with E-state index in [1.165, 1.54) is 30.9 Å². The molecule has 22 heavy (non-hydrogen) atoms. The molecule has 0 fully saturated rings. The number of benzene rings is 2. The average molecular weight is 338 g/mol. The third-order valence-corrected chi connectivity index (χ3v) is 5.49. The number of hydrogen-bond donors (Lipinski definition) is 1. The average Bonchev–Trinajstić information content (AvgIpc) is 2.53. The summed E-state index contributed by atoms with van der Waals surface area (Å²) in [6.07, 6.45) is 0. The zero-order chi connectivity index (χ0) is 16.2. The van der Waals surface area contributed by atoms with E-state index in [1.54, 1.807) is 0 Å². The third kappa shape index (κ3) is 3.85. The van der Waals surface area contributed by atoms with Crippen molar-refractivity contribution < 1.29 is 13.3 Å². The normalized spacial score (nSPS) is 11.3. The molecule has 0 atom stereocenters. The van der Waals surface area contributed by atoms with Crippen LogP contribution in [0.2, 0.25) is 0 Å². The van der Waals surface area contributed by atoms with Gasteiger partial charge in [-0.15, -0.1) is 11.8 Å². The van der Waals surface area contributed by atoms with Crippen molar-refractivity contribution in [3.05, 3.63) is 64.2 Å². The molecule has 0 saturated heterocycles. The lowest BCUT2D eigenvalue weighted by molar-refractivity contribution is -0.388. The van der Waals surface area contributed by atoms with Crippen molar-refractivity contribution >= 4 is 27.5 Å². The number of nitrogens with zero attached hydrogens (tertiary/aromatic N) is 1. The number of hydrogen-bond acceptors (Lipinski definition) is 5. The summed E-state index contributed by atoms with van der Waals surface area (Å²) in [5, 5.41) is 11.2. The number of nitro benzene ring substituents is 1. The van der Waals surface area contributed by atoms with E-state index in [-0.39, 0.29) is 10.6 Å². The maximum absolute atomic E-state index is 11.7. The minimum atomic E-state index is -3.70. The highest BCUT2D eigenvalue weighted by atomic mass is 32.2. The SMILES string of the molecule is CNS(=O)(=O)c1ccc(SCc2ccccc2)c([N+](=O)[O-])c1. The molecule has 116 valence electrons. The van der Waals surface area contributed by atoms with Crippen molar-refractivity contribution in [3.8, 4) is 0 Å². The first-order valence-electron chi connectivity index (χ1n) is 6.33. The van der Waals surface area contributed by atoms with Gasteiger partial charge in [0.15, 0.2) is 0 Å². The Morgan fingerprint density at radius 1 is 1.18 bits per heavy atom. The van der Waals surface area contributed by atoms with E-state index >= 15 is 0 Å². The number of nitro groups is 1. The Kier molecular flexibility index (Phi) is 5.17. The molecular weight excluding hydrogens is 324 g/mol. The maximum Gasteiger partial charge on any atom is 0.284 e. The van der Waals surface area contributed by atoms with Crippen LogP contribution in [0.5, 0.6) is 0 Å². The van der Waals surface area contributed by atoms with Gasteiger partial charge in [-0.2, -0.15) is 0 Å². The summed E-state index contributed by atoms with van der Waals surface area (Å²) in [6.45, 7) is 0. The first kappa shape index (κ1) is 16.5. The van der Waals surface area contributed by atoms with E-state index in [0.717, 1.165) is 11.6 Å². The Hall–Kier alpha value is -1.90. The van der Waals surface area contributed by atoms with E-state index in [2.05, 4.69) is 4.72 Å². The number of nitrogens with one attached hydrogen (secondary N) is 1. The van der Waals surface area contributed by atoms with Crippen molar-refractivity contribution in [3.63, 3.8) is 0 Å². The molecular formula is C14H14N2O4S2. The largest absolute Gasteiger partial charge is 0.284 e. The van der Waals surface area contributed by atoms with Gasteiger partial charge in [-0.1, -0.05) is 30.3 Å². The van der Waals surface area contributed by atoms with Gasteiger partial charge in [-0.3, -0.25) is 10.1 Å². The van der Waals surface area contributed by atoms with Crippen LogP contribution in [0.15, 0.2) is 58.3 Å². The molecule has 0 saturated carbocycles. The van der Waals surface area contributed by atoms with Crippen LogP contribution < -0.4 is 4.72 Å². The summed E-state index contributed by atoms with van der Waals surface area (Å²) in [7, 11) is -2.44. The molecule has 2 aromatic rings. The molecule has 1 N–H and O–H groups in total. The van der Waals surface area contributed by atoms with Gasteiger partial charge < -0.3 is 0 Å². The van der Waals surface area contributed by atoms with Crippen LogP contribution in [0.25, 0.3) is 0 Å². The van der Waals surface area contributed by atoms with E-state index in [0.29, 0.717) is 10.6 Å². The Bertz CT molecular complexity index is 777. The molecule has 0 heterocycles. The molecule has 0 spiro atoms. The van der Waals surface area contributed by atoms with E-state index < -0.39 is 14.9 Å². The molecule has 0 aromatic heterocycles. The summed E-state index contributed by atoms with van der Waals surface area (Å²) in [6, 6.07) is 13.5. The molecule has 8 heteroatoms. The van der Waals surface area contributed by atoms with Crippen molar-refractivity contribution in [2.24, 2.45) is 0 Å². The van der Waals surface area contributed by atoms with E-state index in [9.17, 15) is 18.5 Å². The smallest absolute Gasteiger partial charge is 0.258 e. The predicted molar refractivity (Wildman–Crippen MR) is 85.3 cm³/mol. The van der Waals surface area contributed by atoms with Crippen LogP contribution in [0.1, 0.15) is 5.56 Å². The lowest BCUT2D eigenvalue weighted by Gasteiger charge is -2.06. The highest BCUT2D eigenvalue weighted by Crippen LogP contribution is 2.33. The first-order chi connectivity index (χ1) is 10.4. The molecule has 0 bridgehead atoms. The van der Waals surface area contributed by atoms with Gasteiger partial charge in [0.2, 0.25) is 10.0 Å². The second-order valence-electron chi connectivity index (χ2n) is 4.37.